The van der Waals surface area contributed by atoms with Crippen LogP contribution in [-0.2, 0) is 6.54 Å². The van der Waals surface area contributed by atoms with Crippen LogP contribution in [0.4, 0.5) is 0 Å². The maximum absolute atomic E-state index is 4.47. The van der Waals surface area contributed by atoms with Crippen molar-refractivity contribution in [1.29, 1.82) is 0 Å². The first-order valence-corrected chi connectivity index (χ1v) is 7.80. The molecule has 1 fully saturated rings. The molecule has 0 aromatic carbocycles. The summed E-state index contributed by atoms with van der Waals surface area (Å²) in [5, 5.41) is 17.2. The van der Waals surface area contributed by atoms with Crippen LogP contribution in [0, 0.1) is 0 Å². The molecule has 1 aliphatic carbocycles. The molecule has 2 aromatic heterocycles. The fourth-order valence-electron chi connectivity index (χ4n) is 1.94. The standard InChI is InChI=1S/C13H18N6S/c1-2-7-14-9-10-4-3-8-15-12(10)20-13-16-17-18-19(13)11-5-6-11/h3-4,8,11,14H,2,5-7,9H2,1H3. The van der Waals surface area contributed by atoms with E-state index in [4.69, 9.17) is 0 Å². The van der Waals surface area contributed by atoms with Gasteiger partial charge in [-0.2, -0.15) is 0 Å². The maximum atomic E-state index is 4.47. The number of hydrogen-bond donors (Lipinski definition) is 1. The monoisotopic (exact) mass is 290 g/mol. The van der Waals surface area contributed by atoms with Gasteiger partial charge in [-0.05, 0) is 59.6 Å². The summed E-state index contributed by atoms with van der Waals surface area (Å²) in [7, 11) is 0. The van der Waals surface area contributed by atoms with Crippen molar-refractivity contribution in [3.05, 3.63) is 23.9 Å². The highest BCUT2D eigenvalue weighted by Gasteiger charge is 2.28. The SMILES string of the molecule is CCCNCc1cccnc1Sc1nnnn1C1CC1. The van der Waals surface area contributed by atoms with Crippen LogP contribution in [0.2, 0.25) is 0 Å². The van der Waals surface area contributed by atoms with Crippen LogP contribution in [0.3, 0.4) is 0 Å². The maximum Gasteiger partial charge on any atom is 0.215 e. The van der Waals surface area contributed by atoms with Gasteiger partial charge in [0, 0.05) is 12.7 Å². The number of hydrogen-bond acceptors (Lipinski definition) is 6. The van der Waals surface area contributed by atoms with E-state index >= 15 is 0 Å². The van der Waals surface area contributed by atoms with Crippen molar-refractivity contribution in [1.82, 2.24) is 30.5 Å². The number of tetrazole rings is 1. The first kappa shape index (κ1) is 13.5. The highest BCUT2D eigenvalue weighted by Crippen LogP contribution is 2.38. The molecular formula is C13H18N6S. The molecule has 0 radical (unpaired) electrons. The second-order valence-electron chi connectivity index (χ2n) is 4.88. The number of nitrogens with one attached hydrogen (secondary N) is 1. The van der Waals surface area contributed by atoms with Gasteiger partial charge in [0.2, 0.25) is 5.16 Å². The minimum Gasteiger partial charge on any atom is -0.313 e. The van der Waals surface area contributed by atoms with Crippen molar-refractivity contribution in [2.75, 3.05) is 6.54 Å². The summed E-state index contributed by atoms with van der Waals surface area (Å²) >= 11 is 1.55. The van der Waals surface area contributed by atoms with Crippen LogP contribution >= 0.6 is 11.8 Å². The number of aromatic nitrogens is 5. The second-order valence-corrected chi connectivity index (χ2v) is 5.84. The van der Waals surface area contributed by atoms with Crippen molar-refractivity contribution < 1.29 is 0 Å². The molecule has 1 N–H and O–H groups in total. The Balaban J connectivity index is 1.74. The molecule has 20 heavy (non-hydrogen) atoms. The van der Waals surface area contributed by atoms with Gasteiger partial charge in [0.15, 0.2) is 0 Å². The average molecular weight is 290 g/mol. The smallest absolute Gasteiger partial charge is 0.215 e. The van der Waals surface area contributed by atoms with E-state index in [1.54, 1.807) is 11.8 Å². The Morgan fingerprint density at radius 3 is 3.15 bits per heavy atom. The summed E-state index contributed by atoms with van der Waals surface area (Å²) in [6.07, 6.45) is 5.29. The van der Waals surface area contributed by atoms with E-state index < -0.39 is 0 Å². The number of rotatable bonds is 7. The molecule has 106 valence electrons. The molecule has 7 heteroatoms. The molecule has 6 nitrogen and oxygen atoms in total. The van der Waals surface area contributed by atoms with Crippen molar-refractivity contribution in [3.8, 4) is 0 Å². The molecule has 0 saturated heterocycles. The Bertz CT molecular complexity index is 565. The van der Waals surface area contributed by atoms with E-state index in [0.717, 1.165) is 29.7 Å². The van der Waals surface area contributed by atoms with E-state index in [0.29, 0.717) is 6.04 Å². The summed E-state index contributed by atoms with van der Waals surface area (Å²) in [5.74, 6) is 0. The van der Waals surface area contributed by atoms with Gasteiger partial charge in [0.1, 0.15) is 5.03 Å². The molecule has 0 amide bonds. The molecule has 0 spiro atoms. The van der Waals surface area contributed by atoms with Crippen molar-refractivity contribution in [2.45, 2.75) is 49.0 Å². The molecule has 0 atom stereocenters. The van der Waals surface area contributed by atoms with E-state index in [1.807, 2.05) is 16.9 Å². The lowest BCUT2D eigenvalue weighted by molar-refractivity contribution is 0.565. The van der Waals surface area contributed by atoms with Gasteiger partial charge in [0.25, 0.3) is 0 Å². The summed E-state index contributed by atoms with van der Waals surface area (Å²) in [6, 6.07) is 4.55. The second kappa shape index (κ2) is 6.32. The Kier molecular flexibility index (Phi) is 4.27. The fourth-order valence-corrected chi connectivity index (χ4v) is 2.85. The van der Waals surface area contributed by atoms with Crippen LogP contribution in [-0.4, -0.2) is 31.7 Å². The number of pyridine rings is 1. The zero-order chi connectivity index (χ0) is 13.8. The fraction of sp³-hybridized carbons (Fsp3) is 0.538. The minimum atomic E-state index is 0.484. The van der Waals surface area contributed by atoms with Gasteiger partial charge < -0.3 is 5.32 Å². The van der Waals surface area contributed by atoms with E-state index in [-0.39, 0.29) is 0 Å². The Morgan fingerprint density at radius 1 is 1.45 bits per heavy atom. The quantitative estimate of drug-likeness (QED) is 0.787. The summed E-state index contributed by atoms with van der Waals surface area (Å²) in [5.41, 5.74) is 1.19. The molecule has 0 unspecified atom stereocenters. The van der Waals surface area contributed by atoms with Gasteiger partial charge in [-0.3, -0.25) is 0 Å². The first-order chi connectivity index (χ1) is 9.88. The molecule has 1 saturated carbocycles. The topological polar surface area (TPSA) is 68.5 Å². The highest BCUT2D eigenvalue weighted by molar-refractivity contribution is 7.99. The van der Waals surface area contributed by atoms with Gasteiger partial charge in [-0.15, -0.1) is 5.10 Å². The molecule has 0 aliphatic heterocycles. The van der Waals surface area contributed by atoms with Crippen molar-refractivity contribution in [2.24, 2.45) is 0 Å². The molecular weight excluding hydrogens is 272 g/mol. The molecule has 2 heterocycles. The zero-order valence-corrected chi connectivity index (χ0v) is 12.3. The first-order valence-electron chi connectivity index (χ1n) is 6.99. The third kappa shape index (κ3) is 3.16. The third-order valence-electron chi connectivity index (χ3n) is 3.14. The average Bonchev–Trinajstić information content (AvgIpc) is 3.21. The van der Waals surface area contributed by atoms with Crippen LogP contribution in [0.15, 0.2) is 28.5 Å². The summed E-state index contributed by atoms with van der Waals surface area (Å²) in [4.78, 5) is 4.47. The van der Waals surface area contributed by atoms with Crippen LogP contribution in [0.5, 0.6) is 0 Å². The third-order valence-corrected chi connectivity index (χ3v) is 4.15. The van der Waals surface area contributed by atoms with Crippen LogP contribution in [0.25, 0.3) is 0 Å². The van der Waals surface area contributed by atoms with E-state index in [9.17, 15) is 0 Å². The Hall–Kier alpha value is -1.47. The molecule has 0 bridgehead atoms. The van der Waals surface area contributed by atoms with E-state index in [1.165, 1.54) is 18.4 Å². The largest absolute Gasteiger partial charge is 0.313 e. The van der Waals surface area contributed by atoms with Gasteiger partial charge in [-0.25, -0.2) is 9.67 Å². The molecule has 2 aromatic rings. The summed E-state index contributed by atoms with van der Waals surface area (Å²) < 4.78 is 1.92. The minimum absolute atomic E-state index is 0.484. The van der Waals surface area contributed by atoms with Crippen molar-refractivity contribution in [3.63, 3.8) is 0 Å². The predicted molar refractivity (Wildman–Crippen MR) is 76.4 cm³/mol. The Morgan fingerprint density at radius 2 is 2.35 bits per heavy atom. The lowest BCUT2D eigenvalue weighted by Crippen LogP contribution is -2.14. The lowest BCUT2D eigenvalue weighted by atomic mass is 10.3. The molecule has 3 rings (SSSR count). The number of nitrogens with zero attached hydrogens (tertiary/aromatic N) is 5. The molecule has 1 aliphatic rings. The van der Waals surface area contributed by atoms with E-state index in [2.05, 4.69) is 38.8 Å². The predicted octanol–water partition coefficient (Wildman–Crippen LogP) is 2.05. The Labute approximate surface area is 122 Å². The van der Waals surface area contributed by atoms with Crippen LogP contribution < -0.4 is 5.32 Å². The highest BCUT2D eigenvalue weighted by atomic mass is 32.2. The van der Waals surface area contributed by atoms with Gasteiger partial charge >= 0.3 is 0 Å². The normalized spacial score (nSPS) is 14.7. The zero-order valence-electron chi connectivity index (χ0n) is 11.5. The van der Waals surface area contributed by atoms with Gasteiger partial charge in [-0.1, -0.05) is 13.0 Å². The summed E-state index contributed by atoms with van der Waals surface area (Å²) in [6.45, 7) is 4.00. The van der Waals surface area contributed by atoms with Crippen molar-refractivity contribution >= 4 is 11.8 Å². The lowest BCUT2D eigenvalue weighted by Gasteiger charge is -2.08. The van der Waals surface area contributed by atoms with Gasteiger partial charge in [0.05, 0.1) is 6.04 Å². The van der Waals surface area contributed by atoms with Crippen LogP contribution in [0.1, 0.15) is 37.8 Å².